The number of nitrogens with zero attached hydrogens (tertiary/aromatic N) is 1. The van der Waals surface area contributed by atoms with Crippen LogP contribution in [0.3, 0.4) is 0 Å². The Bertz CT molecular complexity index is 422. The molecule has 112 valence electrons. The Hall–Kier alpha value is -1.31. The van der Waals surface area contributed by atoms with Crippen LogP contribution in [0.1, 0.15) is 5.56 Å². The van der Waals surface area contributed by atoms with Crippen LogP contribution in [0, 0.1) is 0 Å². The third-order valence-corrected chi connectivity index (χ3v) is 3.29. The molecule has 0 spiro atoms. The molecule has 1 aromatic rings. The van der Waals surface area contributed by atoms with Gasteiger partial charge in [-0.2, -0.15) is 0 Å². The molecule has 0 saturated carbocycles. The number of hydrogen-bond donors (Lipinski definition) is 2. The zero-order valence-corrected chi connectivity index (χ0v) is 11.0. The molecule has 0 aromatic heterocycles. The second-order valence-electron chi connectivity index (χ2n) is 4.76. The summed E-state index contributed by atoms with van der Waals surface area (Å²) in [6.45, 7) is 3.85. The largest absolute Gasteiger partial charge is 0.573 e. The molecular weight excluding hydrogens is 271 g/mol. The summed E-state index contributed by atoms with van der Waals surface area (Å²) >= 11 is 0. The van der Waals surface area contributed by atoms with Gasteiger partial charge in [0.25, 0.3) is 0 Å². The van der Waals surface area contributed by atoms with Crippen LogP contribution in [0.15, 0.2) is 24.3 Å². The van der Waals surface area contributed by atoms with Crippen molar-refractivity contribution in [2.45, 2.75) is 18.9 Å². The Balaban J connectivity index is 1.96. The molecule has 0 aliphatic carbocycles. The first-order valence-corrected chi connectivity index (χ1v) is 6.47. The number of hydrogen-bond acceptors (Lipinski definition) is 4. The average Bonchev–Trinajstić information content (AvgIpc) is 2.40. The van der Waals surface area contributed by atoms with Gasteiger partial charge in [0.1, 0.15) is 5.75 Å². The minimum atomic E-state index is -4.65. The molecule has 1 aromatic carbocycles. The molecule has 20 heavy (non-hydrogen) atoms. The Morgan fingerprint density at radius 3 is 2.60 bits per heavy atom. The smallest absolute Gasteiger partial charge is 0.406 e. The van der Waals surface area contributed by atoms with Gasteiger partial charge in [0, 0.05) is 38.8 Å². The third-order valence-electron chi connectivity index (χ3n) is 3.29. The van der Waals surface area contributed by atoms with Crippen molar-refractivity contribution in [3.63, 3.8) is 0 Å². The summed E-state index contributed by atoms with van der Waals surface area (Å²) in [6.07, 6.45) is -4.65. The molecule has 1 heterocycles. The first-order valence-electron chi connectivity index (χ1n) is 6.47. The van der Waals surface area contributed by atoms with Crippen LogP contribution >= 0.6 is 0 Å². The summed E-state index contributed by atoms with van der Waals surface area (Å²) in [5.74, 6) is -0.197. The standard InChI is InChI=1S/C13H18F3N3O/c14-13(15,16)20-12-3-1-10(2-4-12)9-19-6-5-18-8-11(19)7-17/h1-4,11,18H,5-9,17H2. The first kappa shape index (κ1) is 15.1. The summed E-state index contributed by atoms with van der Waals surface area (Å²) in [6, 6.07) is 6.23. The van der Waals surface area contributed by atoms with Crippen molar-refractivity contribution in [3.05, 3.63) is 29.8 Å². The van der Waals surface area contributed by atoms with Crippen LogP contribution in [-0.2, 0) is 6.54 Å². The fourth-order valence-corrected chi connectivity index (χ4v) is 2.27. The SMILES string of the molecule is NCC1CNCCN1Cc1ccc(OC(F)(F)F)cc1. The average molecular weight is 289 g/mol. The number of piperazine rings is 1. The summed E-state index contributed by atoms with van der Waals surface area (Å²) < 4.78 is 40.0. The maximum absolute atomic E-state index is 12.1. The summed E-state index contributed by atoms with van der Waals surface area (Å²) in [7, 11) is 0. The van der Waals surface area contributed by atoms with Crippen molar-refractivity contribution in [3.8, 4) is 5.75 Å². The molecule has 1 aliphatic rings. The van der Waals surface area contributed by atoms with E-state index >= 15 is 0 Å². The van der Waals surface area contributed by atoms with E-state index in [1.54, 1.807) is 12.1 Å². The van der Waals surface area contributed by atoms with Gasteiger partial charge >= 0.3 is 6.36 Å². The lowest BCUT2D eigenvalue weighted by Crippen LogP contribution is -2.53. The van der Waals surface area contributed by atoms with Gasteiger partial charge in [-0.3, -0.25) is 4.90 Å². The van der Waals surface area contributed by atoms with E-state index in [1.165, 1.54) is 12.1 Å². The van der Waals surface area contributed by atoms with E-state index in [-0.39, 0.29) is 11.8 Å². The zero-order valence-electron chi connectivity index (χ0n) is 11.0. The lowest BCUT2D eigenvalue weighted by Gasteiger charge is -2.35. The zero-order chi connectivity index (χ0) is 14.6. The minimum Gasteiger partial charge on any atom is -0.406 e. The molecule has 1 saturated heterocycles. The van der Waals surface area contributed by atoms with Gasteiger partial charge in [0.15, 0.2) is 0 Å². The van der Waals surface area contributed by atoms with Gasteiger partial charge in [-0.25, -0.2) is 0 Å². The molecule has 0 bridgehead atoms. The second-order valence-corrected chi connectivity index (χ2v) is 4.76. The first-order chi connectivity index (χ1) is 9.48. The monoisotopic (exact) mass is 289 g/mol. The van der Waals surface area contributed by atoms with Crippen LogP contribution in [-0.4, -0.2) is 43.5 Å². The highest BCUT2D eigenvalue weighted by Gasteiger charge is 2.31. The Kier molecular flexibility index (Phi) is 4.85. The molecule has 7 heteroatoms. The highest BCUT2D eigenvalue weighted by Crippen LogP contribution is 2.23. The van der Waals surface area contributed by atoms with Crippen molar-refractivity contribution < 1.29 is 17.9 Å². The molecule has 1 aliphatic heterocycles. The molecule has 1 unspecified atom stereocenters. The van der Waals surface area contributed by atoms with Gasteiger partial charge < -0.3 is 15.8 Å². The van der Waals surface area contributed by atoms with E-state index in [0.717, 1.165) is 25.2 Å². The number of halogens is 3. The minimum absolute atomic E-state index is 0.197. The molecular formula is C13H18F3N3O. The highest BCUT2D eigenvalue weighted by atomic mass is 19.4. The van der Waals surface area contributed by atoms with Gasteiger partial charge in [-0.1, -0.05) is 12.1 Å². The van der Waals surface area contributed by atoms with Gasteiger partial charge in [-0.05, 0) is 17.7 Å². The number of ether oxygens (including phenoxy) is 1. The number of alkyl halides is 3. The lowest BCUT2D eigenvalue weighted by molar-refractivity contribution is -0.274. The molecule has 1 atom stereocenters. The van der Waals surface area contributed by atoms with Gasteiger partial charge in [-0.15, -0.1) is 13.2 Å². The fourth-order valence-electron chi connectivity index (χ4n) is 2.27. The Labute approximate surface area is 115 Å². The lowest BCUT2D eigenvalue weighted by atomic mass is 10.1. The summed E-state index contributed by atoms with van der Waals surface area (Å²) in [5.41, 5.74) is 6.66. The highest BCUT2D eigenvalue weighted by molar-refractivity contribution is 5.27. The predicted octanol–water partition coefficient (Wildman–Crippen LogP) is 1.32. The van der Waals surface area contributed by atoms with Crippen LogP contribution in [0.25, 0.3) is 0 Å². The number of benzene rings is 1. The Morgan fingerprint density at radius 2 is 2.00 bits per heavy atom. The van der Waals surface area contributed by atoms with Crippen molar-refractivity contribution in [2.24, 2.45) is 5.73 Å². The molecule has 0 amide bonds. The van der Waals surface area contributed by atoms with Crippen LogP contribution in [0.2, 0.25) is 0 Å². The van der Waals surface area contributed by atoms with E-state index in [4.69, 9.17) is 5.73 Å². The predicted molar refractivity (Wildman–Crippen MR) is 69.2 cm³/mol. The van der Waals surface area contributed by atoms with Crippen molar-refractivity contribution in [1.82, 2.24) is 10.2 Å². The van der Waals surface area contributed by atoms with E-state index in [0.29, 0.717) is 13.1 Å². The van der Waals surface area contributed by atoms with Gasteiger partial charge in [0.2, 0.25) is 0 Å². The van der Waals surface area contributed by atoms with Crippen LogP contribution in [0.4, 0.5) is 13.2 Å². The van der Waals surface area contributed by atoms with Crippen molar-refractivity contribution in [1.29, 1.82) is 0 Å². The summed E-state index contributed by atoms with van der Waals surface area (Å²) in [4.78, 5) is 2.23. The third kappa shape index (κ3) is 4.36. The fraction of sp³-hybridized carbons (Fsp3) is 0.538. The molecule has 0 radical (unpaired) electrons. The topological polar surface area (TPSA) is 50.5 Å². The maximum atomic E-state index is 12.1. The quantitative estimate of drug-likeness (QED) is 0.878. The maximum Gasteiger partial charge on any atom is 0.573 e. The molecule has 4 nitrogen and oxygen atoms in total. The van der Waals surface area contributed by atoms with Crippen LogP contribution < -0.4 is 15.8 Å². The molecule has 2 rings (SSSR count). The number of nitrogens with one attached hydrogen (secondary N) is 1. The normalized spacial score (nSPS) is 20.9. The second kappa shape index (κ2) is 6.43. The molecule has 3 N–H and O–H groups in total. The number of nitrogens with two attached hydrogens (primary N) is 1. The Morgan fingerprint density at radius 1 is 1.30 bits per heavy atom. The van der Waals surface area contributed by atoms with Crippen molar-refractivity contribution in [2.75, 3.05) is 26.2 Å². The van der Waals surface area contributed by atoms with Crippen molar-refractivity contribution >= 4 is 0 Å². The van der Waals surface area contributed by atoms with E-state index in [1.807, 2.05) is 0 Å². The number of rotatable bonds is 4. The summed E-state index contributed by atoms with van der Waals surface area (Å²) in [5, 5.41) is 3.27. The van der Waals surface area contributed by atoms with E-state index < -0.39 is 6.36 Å². The van der Waals surface area contributed by atoms with Crippen LogP contribution in [0.5, 0.6) is 5.75 Å². The van der Waals surface area contributed by atoms with Gasteiger partial charge in [0.05, 0.1) is 0 Å². The molecule has 1 fully saturated rings. The van der Waals surface area contributed by atoms with E-state index in [9.17, 15) is 13.2 Å². The van der Waals surface area contributed by atoms with E-state index in [2.05, 4.69) is 15.0 Å².